The summed E-state index contributed by atoms with van der Waals surface area (Å²) in [7, 11) is 0. The first-order valence-corrected chi connectivity index (χ1v) is 4.83. The van der Waals surface area contributed by atoms with E-state index in [4.69, 9.17) is 5.73 Å². The van der Waals surface area contributed by atoms with Crippen LogP contribution in [0.2, 0.25) is 0 Å². The highest BCUT2D eigenvalue weighted by atomic mass is 19.1. The predicted octanol–water partition coefficient (Wildman–Crippen LogP) is 0.754. The summed E-state index contributed by atoms with van der Waals surface area (Å²) in [6.07, 6.45) is 4.08. The summed E-state index contributed by atoms with van der Waals surface area (Å²) in [5.74, 6) is -0.271. The minimum Gasteiger partial charge on any atom is -0.329 e. The number of hydrogen-bond acceptors (Lipinski definition) is 3. The number of hydrogen-bond donors (Lipinski definition) is 1. The van der Waals surface area contributed by atoms with Gasteiger partial charge in [-0.3, -0.25) is 9.88 Å². The average molecular weight is 195 g/mol. The number of nitrogens with zero attached hydrogens (tertiary/aromatic N) is 2. The lowest BCUT2D eigenvalue weighted by molar-refractivity contribution is 0.0880. The molecule has 14 heavy (non-hydrogen) atoms. The topological polar surface area (TPSA) is 42.1 Å². The van der Waals surface area contributed by atoms with E-state index in [9.17, 15) is 4.39 Å². The first kappa shape index (κ1) is 9.55. The van der Waals surface area contributed by atoms with Crippen LogP contribution in [-0.2, 0) is 6.54 Å². The fraction of sp³-hybridized carbons (Fsp3) is 0.500. The van der Waals surface area contributed by atoms with E-state index < -0.39 is 0 Å². The van der Waals surface area contributed by atoms with E-state index in [0.29, 0.717) is 12.6 Å². The molecule has 2 N–H and O–H groups in total. The molecule has 0 aromatic carbocycles. The Morgan fingerprint density at radius 2 is 2.43 bits per heavy atom. The van der Waals surface area contributed by atoms with E-state index >= 15 is 0 Å². The first-order valence-electron chi connectivity index (χ1n) is 4.83. The van der Waals surface area contributed by atoms with Crippen LogP contribution in [0.25, 0.3) is 0 Å². The van der Waals surface area contributed by atoms with E-state index in [-0.39, 0.29) is 5.82 Å². The van der Waals surface area contributed by atoms with E-state index in [0.717, 1.165) is 25.1 Å². The van der Waals surface area contributed by atoms with Crippen LogP contribution >= 0.6 is 0 Å². The van der Waals surface area contributed by atoms with Crippen LogP contribution < -0.4 is 5.73 Å². The smallest absolute Gasteiger partial charge is 0.141 e. The van der Waals surface area contributed by atoms with Crippen LogP contribution in [0.15, 0.2) is 18.5 Å². The summed E-state index contributed by atoms with van der Waals surface area (Å²) >= 11 is 0. The van der Waals surface area contributed by atoms with Crippen LogP contribution in [0.4, 0.5) is 4.39 Å². The summed E-state index contributed by atoms with van der Waals surface area (Å²) in [5.41, 5.74) is 6.50. The molecule has 1 aliphatic rings. The monoisotopic (exact) mass is 195 g/mol. The molecule has 1 aromatic rings. The maximum absolute atomic E-state index is 12.8. The molecule has 1 aliphatic heterocycles. The van der Waals surface area contributed by atoms with Gasteiger partial charge in [-0.1, -0.05) is 0 Å². The number of aromatic nitrogens is 1. The summed E-state index contributed by atoms with van der Waals surface area (Å²) in [4.78, 5) is 6.06. The summed E-state index contributed by atoms with van der Waals surface area (Å²) in [5, 5.41) is 0. The van der Waals surface area contributed by atoms with E-state index in [2.05, 4.69) is 9.88 Å². The zero-order valence-electron chi connectivity index (χ0n) is 7.99. The van der Waals surface area contributed by atoms with Crippen LogP contribution in [0.5, 0.6) is 0 Å². The summed E-state index contributed by atoms with van der Waals surface area (Å²) in [6, 6.07) is 2.00. The maximum atomic E-state index is 12.8. The zero-order chi connectivity index (χ0) is 9.97. The molecule has 0 saturated carbocycles. The molecule has 1 unspecified atom stereocenters. The van der Waals surface area contributed by atoms with Crippen molar-refractivity contribution in [3.8, 4) is 0 Å². The minimum absolute atomic E-state index is 0.271. The maximum Gasteiger partial charge on any atom is 0.141 e. The molecule has 0 amide bonds. The lowest BCUT2D eigenvalue weighted by Gasteiger charge is -2.40. The fourth-order valence-corrected chi connectivity index (χ4v) is 1.75. The van der Waals surface area contributed by atoms with Crippen molar-refractivity contribution in [1.82, 2.24) is 9.88 Å². The van der Waals surface area contributed by atoms with Gasteiger partial charge in [-0.05, 0) is 18.1 Å². The Labute approximate surface area is 82.7 Å². The molecule has 1 aromatic heterocycles. The van der Waals surface area contributed by atoms with Crippen molar-refractivity contribution in [3.63, 3.8) is 0 Å². The van der Waals surface area contributed by atoms with Gasteiger partial charge in [0.1, 0.15) is 5.82 Å². The van der Waals surface area contributed by atoms with Crippen molar-refractivity contribution in [3.05, 3.63) is 29.8 Å². The molecular formula is C10H14FN3. The second-order valence-electron chi connectivity index (χ2n) is 3.66. The van der Waals surface area contributed by atoms with Gasteiger partial charge in [0.05, 0.1) is 6.20 Å². The Bertz CT molecular complexity index is 314. The van der Waals surface area contributed by atoms with Crippen LogP contribution in [-0.4, -0.2) is 29.0 Å². The first-order chi connectivity index (χ1) is 6.79. The Balaban J connectivity index is 1.97. The summed E-state index contributed by atoms with van der Waals surface area (Å²) < 4.78 is 12.8. The molecule has 2 heterocycles. The Morgan fingerprint density at radius 3 is 3.00 bits per heavy atom. The molecule has 1 saturated heterocycles. The molecule has 3 nitrogen and oxygen atoms in total. The molecule has 1 fully saturated rings. The Morgan fingerprint density at radius 1 is 1.57 bits per heavy atom. The molecule has 1 atom stereocenters. The molecule has 76 valence electrons. The van der Waals surface area contributed by atoms with Gasteiger partial charge in [0, 0.05) is 31.9 Å². The normalized spacial score (nSPS) is 22.0. The lowest BCUT2D eigenvalue weighted by atomic mass is 10.0. The van der Waals surface area contributed by atoms with Gasteiger partial charge in [-0.2, -0.15) is 0 Å². The van der Waals surface area contributed by atoms with Gasteiger partial charge >= 0.3 is 0 Å². The van der Waals surface area contributed by atoms with Crippen LogP contribution in [0.3, 0.4) is 0 Å². The highest BCUT2D eigenvalue weighted by molar-refractivity contribution is 5.10. The third kappa shape index (κ3) is 1.91. The predicted molar refractivity (Wildman–Crippen MR) is 52.1 cm³/mol. The van der Waals surface area contributed by atoms with Crippen LogP contribution in [0, 0.1) is 5.82 Å². The van der Waals surface area contributed by atoms with Crippen molar-refractivity contribution >= 4 is 0 Å². The standard InChI is InChI=1S/C10H14FN3/c11-9-3-8(5-13-6-9)7-14-2-1-10(14)4-12/h3,5-6,10H,1-2,4,7,12H2. The Kier molecular flexibility index (Phi) is 2.74. The van der Waals surface area contributed by atoms with Crippen molar-refractivity contribution in [2.45, 2.75) is 19.0 Å². The second kappa shape index (κ2) is 4.02. The zero-order valence-corrected chi connectivity index (χ0v) is 7.99. The molecule has 0 spiro atoms. The fourth-order valence-electron chi connectivity index (χ4n) is 1.75. The van der Waals surface area contributed by atoms with Crippen molar-refractivity contribution in [2.75, 3.05) is 13.1 Å². The van der Waals surface area contributed by atoms with Gasteiger partial charge < -0.3 is 5.73 Å². The number of nitrogens with two attached hydrogens (primary N) is 1. The highest BCUT2D eigenvalue weighted by Gasteiger charge is 2.26. The average Bonchev–Trinajstić information content (AvgIpc) is 2.14. The van der Waals surface area contributed by atoms with Crippen molar-refractivity contribution in [2.24, 2.45) is 5.73 Å². The van der Waals surface area contributed by atoms with Gasteiger partial charge in [0.2, 0.25) is 0 Å². The van der Waals surface area contributed by atoms with E-state index in [1.165, 1.54) is 12.3 Å². The molecular weight excluding hydrogens is 181 g/mol. The number of pyridine rings is 1. The van der Waals surface area contributed by atoms with Crippen molar-refractivity contribution < 1.29 is 4.39 Å². The minimum atomic E-state index is -0.271. The Hall–Kier alpha value is -1.00. The third-order valence-corrected chi connectivity index (χ3v) is 2.69. The second-order valence-corrected chi connectivity index (χ2v) is 3.66. The van der Waals surface area contributed by atoms with Gasteiger partial charge in [-0.25, -0.2) is 4.39 Å². The molecule has 0 bridgehead atoms. The van der Waals surface area contributed by atoms with Gasteiger partial charge in [0.25, 0.3) is 0 Å². The number of halogens is 1. The summed E-state index contributed by atoms with van der Waals surface area (Å²) in [6.45, 7) is 2.49. The molecule has 2 rings (SSSR count). The highest BCUT2D eigenvalue weighted by Crippen LogP contribution is 2.19. The van der Waals surface area contributed by atoms with Gasteiger partial charge in [0.15, 0.2) is 0 Å². The van der Waals surface area contributed by atoms with E-state index in [1.807, 2.05) is 0 Å². The lowest BCUT2D eigenvalue weighted by Crippen LogP contribution is -2.50. The largest absolute Gasteiger partial charge is 0.329 e. The quantitative estimate of drug-likeness (QED) is 0.774. The number of likely N-dealkylation sites (tertiary alicyclic amines) is 1. The van der Waals surface area contributed by atoms with Crippen LogP contribution in [0.1, 0.15) is 12.0 Å². The SMILES string of the molecule is NCC1CCN1Cc1cncc(F)c1. The number of rotatable bonds is 3. The molecule has 0 aliphatic carbocycles. The van der Waals surface area contributed by atoms with E-state index in [1.54, 1.807) is 6.20 Å². The molecule has 0 radical (unpaired) electrons. The third-order valence-electron chi connectivity index (χ3n) is 2.69. The van der Waals surface area contributed by atoms with Gasteiger partial charge in [-0.15, -0.1) is 0 Å². The molecule has 4 heteroatoms. The van der Waals surface area contributed by atoms with Crippen molar-refractivity contribution in [1.29, 1.82) is 0 Å².